The number of carbonyl (C=O) groups excluding carboxylic acids is 1. The van der Waals surface area contributed by atoms with Crippen molar-refractivity contribution in [2.24, 2.45) is 0 Å². The Labute approximate surface area is 124 Å². The Morgan fingerprint density at radius 3 is 2.30 bits per heavy atom. The second-order valence-corrected chi connectivity index (χ2v) is 5.61. The van der Waals surface area contributed by atoms with Crippen molar-refractivity contribution in [2.45, 2.75) is 18.8 Å². The highest BCUT2D eigenvalue weighted by molar-refractivity contribution is 7.98. The first kappa shape index (κ1) is 14.7. The predicted octanol–water partition coefficient (Wildman–Crippen LogP) is 4.17. The van der Waals surface area contributed by atoms with Crippen LogP contribution in [-0.4, -0.2) is 17.8 Å². The van der Waals surface area contributed by atoms with Crippen molar-refractivity contribution in [3.63, 3.8) is 0 Å². The van der Waals surface area contributed by atoms with Gasteiger partial charge in [-0.05, 0) is 24.6 Å². The molecule has 2 aromatic rings. The fourth-order valence-electron chi connectivity index (χ4n) is 1.78. The second-order valence-electron chi connectivity index (χ2n) is 4.58. The number of esters is 1. The Morgan fingerprint density at radius 2 is 1.65 bits per heavy atom. The number of thioether (sulfide) groups is 1. The molecular formula is C17H18O2S. The SMILES string of the molecule is CC(CSCc1ccccc1)OC(=O)c1ccccc1. The predicted molar refractivity (Wildman–Crippen MR) is 83.9 cm³/mol. The molecule has 0 aliphatic rings. The standard InChI is InChI=1S/C17H18O2S/c1-14(12-20-13-15-8-4-2-5-9-15)19-17(18)16-10-6-3-7-11-16/h2-11,14H,12-13H2,1H3. The maximum atomic E-state index is 11.9. The van der Waals surface area contributed by atoms with Gasteiger partial charge in [-0.15, -0.1) is 0 Å². The molecule has 0 saturated heterocycles. The molecule has 1 atom stereocenters. The van der Waals surface area contributed by atoms with Crippen molar-refractivity contribution >= 4 is 17.7 Å². The second kappa shape index (κ2) is 7.75. The lowest BCUT2D eigenvalue weighted by Crippen LogP contribution is -2.17. The van der Waals surface area contributed by atoms with Crippen LogP contribution in [-0.2, 0) is 10.5 Å². The first-order valence-corrected chi connectivity index (χ1v) is 7.79. The first-order chi connectivity index (χ1) is 9.75. The molecule has 0 aromatic heterocycles. The van der Waals surface area contributed by atoms with E-state index >= 15 is 0 Å². The lowest BCUT2D eigenvalue weighted by molar-refractivity contribution is 0.0386. The van der Waals surface area contributed by atoms with Crippen molar-refractivity contribution in [1.82, 2.24) is 0 Å². The Bertz CT molecular complexity index is 525. The van der Waals surface area contributed by atoms with Crippen LogP contribution in [0.4, 0.5) is 0 Å². The largest absolute Gasteiger partial charge is 0.458 e. The van der Waals surface area contributed by atoms with Gasteiger partial charge in [0.1, 0.15) is 6.10 Å². The molecule has 3 heteroatoms. The summed E-state index contributed by atoms with van der Waals surface area (Å²) in [5.41, 5.74) is 1.89. The van der Waals surface area contributed by atoms with Crippen molar-refractivity contribution in [1.29, 1.82) is 0 Å². The fraction of sp³-hybridized carbons (Fsp3) is 0.235. The number of hydrogen-bond donors (Lipinski definition) is 0. The van der Waals surface area contributed by atoms with Gasteiger partial charge in [0, 0.05) is 11.5 Å². The van der Waals surface area contributed by atoms with E-state index in [0.717, 1.165) is 11.5 Å². The van der Waals surface area contributed by atoms with Crippen molar-refractivity contribution in [3.8, 4) is 0 Å². The minimum Gasteiger partial charge on any atom is -0.458 e. The summed E-state index contributed by atoms with van der Waals surface area (Å²) in [5.74, 6) is 1.49. The van der Waals surface area contributed by atoms with Gasteiger partial charge in [0.2, 0.25) is 0 Å². The molecule has 0 amide bonds. The van der Waals surface area contributed by atoms with Gasteiger partial charge in [-0.2, -0.15) is 11.8 Å². The Kier molecular flexibility index (Phi) is 5.69. The number of ether oxygens (including phenoxy) is 1. The summed E-state index contributed by atoms with van der Waals surface area (Å²) in [6, 6.07) is 19.4. The maximum Gasteiger partial charge on any atom is 0.338 e. The molecule has 0 fully saturated rings. The summed E-state index contributed by atoms with van der Waals surface area (Å²) >= 11 is 1.77. The molecule has 0 saturated carbocycles. The van der Waals surface area contributed by atoms with Gasteiger partial charge in [0.05, 0.1) is 5.56 Å². The number of hydrogen-bond acceptors (Lipinski definition) is 3. The summed E-state index contributed by atoms with van der Waals surface area (Å²) in [5, 5.41) is 0. The van der Waals surface area contributed by atoms with Crippen molar-refractivity contribution < 1.29 is 9.53 Å². The van der Waals surface area contributed by atoms with Gasteiger partial charge in [0.25, 0.3) is 0 Å². The Morgan fingerprint density at radius 1 is 1.05 bits per heavy atom. The van der Waals surface area contributed by atoms with Crippen LogP contribution in [0.25, 0.3) is 0 Å². The minimum absolute atomic E-state index is 0.0866. The van der Waals surface area contributed by atoms with E-state index in [-0.39, 0.29) is 12.1 Å². The van der Waals surface area contributed by atoms with Crippen LogP contribution < -0.4 is 0 Å². The van der Waals surface area contributed by atoms with Gasteiger partial charge in [-0.25, -0.2) is 4.79 Å². The van der Waals surface area contributed by atoms with Crippen LogP contribution in [0, 0.1) is 0 Å². The van der Waals surface area contributed by atoms with Gasteiger partial charge in [-0.1, -0.05) is 48.5 Å². The zero-order chi connectivity index (χ0) is 14.2. The number of rotatable bonds is 6. The van der Waals surface area contributed by atoms with E-state index < -0.39 is 0 Å². The van der Waals surface area contributed by atoms with E-state index in [0.29, 0.717) is 5.56 Å². The molecule has 2 rings (SSSR count). The van der Waals surface area contributed by atoms with Crippen LogP contribution >= 0.6 is 11.8 Å². The van der Waals surface area contributed by atoms with Crippen LogP contribution in [0.15, 0.2) is 60.7 Å². The zero-order valence-corrected chi connectivity index (χ0v) is 12.3. The van der Waals surface area contributed by atoms with E-state index in [1.54, 1.807) is 23.9 Å². The molecule has 1 unspecified atom stereocenters. The summed E-state index contributed by atoms with van der Waals surface area (Å²) < 4.78 is 5.41. The molecule has 0 spiro atoms. The highest BCUT2D eigenvalue weighted by atomic mass is 32.2. The quantitative estimate of drug-likeness (QED) is 0.746. The third kappa shape index (κ3) is 4.74. The van der Waals surface area contributed by atoms with Gasteiger partial charge in [0.15, 0.2) is 0 Å². The Hall–Kier alpha value is -1.74. The lowest BCUT2D eigenvalue weighted by atomic mass is 10.2. The van der Waals surface area contributed by atoms with Crippen molar-refractivity contribution in [3.05, 3.63) is 71.8 Å². The summed E-state index contributed by atoms with van der Waals surface area (Å²) in [6.07, 6.45) is -0.0866. The van der Waals surface area contributed by atoms with Crippen LogP contribution in [0.3, 0.4) is 0 Å². The summed E-state index contributed by atoms with van der Waals surface area (Å²) in [6.45, 7) is 1.93. The van der Waals surface area contributed by atoms with Crippen LogP contribution in [0.1, 0.15) is 22.8 Å². The van der Waals surface area contributed by atoms with Crippen LogP contribution in [0.5, 0.6) is 0 Å². The maximum absolute atomic E-state index is 11.9. The molecule has 2 aromatic carbocycles. The molecule has 2 nitrogen and oxygen atoms in total. The Balaban J connectivity index is 1.73. The topological polar surface area (TPSA) is 26.3 Å². The highest BCUT2D eigenvalue weighted by Gasteiger charge is 2.11. The number of carbonyl (C=O) groups is 1. The summed E-state index contributed by atoms with van der Waals surface area (Å²) in [4.78, 5) is 11.9. The molecule has 104 valence electrons. The highest BCUT2D eigenvalue weighted by Crippen LogP contribution is 2.14. The van der Waals surface area contributed by atoms with Gasteiger partial charge >= 0.3 is 5.97 Å². The molecule has 20 heavy (non-hydrogen) atoms. The van der Waals surface area contributed by atoms with E-state index in [1.165, 1.54) is 5.56 Å². The third-order valence-electron chi connectivity index (χ3n) is 2.78. The average molecular weight is 286 g/mol. The van der Waals surface area contributed by atoms with E-state index in [9.17, 15) is 4.79 Å². The normalized spacial score (nSPS) is 11.8. The van der Waals surface area contributed by atoms with Gasteiger partial charge in [-0.3, -0.25) is 0 Å². The molecule has 0 aliphatic heterocycles. The minimum atomic E-state index is -0.251. The van der Waals surface area contributed by atoms with Gasteiger partial charge < -0.3 is 4.74 Å². The van der Waals surface area contributed by atoms with Crippen molar-refractivity contribution in [2.75, 3.05) is 5.75 Å². The fourth-order valence-corrected chi connectivity index (χ4v) is 2.72. The number of benzene rings is 2. The lowest BCUT2D eigenvalue weighted by Gasteiger charge is -2.13. The molecular weight excluding hydrogens is 268 g/mol. The molecule has 0 bridgehead atoms. The molecule has 0 aliphatic carbocycles. The third-order valence-corrected chi connectivity index (χ3v) is 4.02. The zero-order valence-electron chi connectivity index (χ0n) is 11.5. The first-order valence-electron chi connectivity index (χ1n) is 6.63. The average Bonchev–Trinajstić information content (AvgIpc) is 2.49. The van der Waals surface area contributed by atoms with E-state index in [1.807, 2.05) is 43.3 Å². The molecule has 0 heterocycles. The van der Waals surface area contributed by atoms with E-state index in [4.69, 9.17) is 4.74 Å². The van der Waals surface area contributed by atoms with Crippen LogP contribution in [0.2, 0.25) is 0 Å². The smallest absolute Gasteiger partial charge is 0.338 e. The molecule has 0 radical (unpaired) electrons. The molecule has 0 N–H and O–H groups in total. The van der Waals surface area contributed by atoms with E-state index in [2.05, 4.69) is 12.1 Å². The monoisotopic (exact) mass is 286 g/mol. The summed E-state index contributed by atoms with van der Waals surface area (Å²) in [7, 11) is 0.